The van der Waals surface area contributed by atoms with Crippen LogP contribution in [-0.4, -0.2) is 15.7 Å². The van der Waals surface area contributed by atoms with Gasteiger partial charge in [0.15, 0.2) is 0 Å². The summed E-state index contributed by atoms with van der Waals surface area (Å²) in [4.78, 5) is 12.2. The highest BCUT2D eigenvalue weighted by atomic mass is 19.1. The lowest BCUT2D eigenvalue weighted by molar-refractivity contribution is 0.102. The number of carbonyl (C=O) groups is 1. The summed E-state index contributed by atoms with van der Waals surface area (Å²) in [6.07, 6.45) is 0. The second-order valence-electron chi connectivity index (χ2n) is 4.65. The van der Waals surface area contributed by atoms with Gasteiger partial charge in [-0.2, -0.15) is 9.49 Å². The number of allylic oxidation sites excluding steroid dienone is 1. The molecule has 1 heterocycles. The van der Waals surface area contributed by atoms with Crippen LogP contribution in [0.4, 0.5) is 10.1 Å². The molecule has 1 amide bonds. The minimum atomic E-state index is -0.646. The number of hydrogen-bond acceptors (Lipinski definition) is 2. The van der Waals surface area contributed by atoms with Crippen molar-refractivity contribution in [1.29, 1.82) is 0 Å². The molecule has 20 heavy (non-hydrogen) atoms. The summed E-state index contributed by atoms with van der Waals surface area (Å²) < 4.78 is 14.9. The van der Waals surface area contributed by atoms with Crippen LogP contribution in [0.5, 0.6) is 0 Å². The van der Waals surface area contributed by atoms with Crippen LogP contribution in [0.2, 0.25) is 0 Å². The molecule has 104 valence electrons. The second-order valence-corrected chi connectivity index (χ2v) is 4.65. The number of aryl methyl sites for hydroxylation is 2. The third-order valence-electron chi connectivity index (χ3n) is 3.01. The van der Waals surface area contributed by atoms with Crippen LogP contribution in [0, 0.1) is 12.9 Å². The number of rotatable bonds is 3. The lowest BCUT2D eigenvalue weighted by atomic mass is 10.1. The fourth-order valence-corrected chi connectivity index (χ4v) is 2.04. The summed E-state index contributed by atoms with van der Waals surface area (Å²) in [6, 6.07) is 7.26. The zero-order valence-corrected chi connectivity index (χ0v) is 11.7. The number of nitrogens with zero attached hydrogens (tertiary/aromatic N) is 2. The van der Waals surface area contributed by atoms with Gasteiger partial charge in [0.25, 0.3) is 5.91 Å². The lowest BCUT2D eigenvalue weighted by Gasteiger charge is -2.10. The van der Waals surface area contributed by atoms with E-state index in [1.165, 1.54) is 7.05 Å². The Morgan fingerprint density at radius 1 is 1.40 bits per heavy atom. The Hall–Kier alpha value is -2.43. The van der Waals surface area contributed by atoms with E-state index in [-0.39, 0.29) is 5.56 Å². The van der Waals surface area contributed by atoms with Gasteiger partial charge in [0.1, 0.15) is 5.56 Å². The van der Waals surface area contributed by atoms with Gasteiger partial charge in [0, 0.05) is 18.3 Å². The zero-order chi connectivity index (χ0) is 14.9. The number of hydrogen-bond donors (Lipinski definition) is 1. The number of anilines is 1. The van der Waals surface area contributed by atoms with Crippen molar-refractivity contribution in [3.05, 3.63) is 53.6 Å². The van der Waals surface area contributed by atoms with Crippen LogP contribution in [-0.2, 0) is 7.05 Å². The molecule has 0 radical (unpaired) electrons. The first-order chi connectivity index (χ1) is 9.41. The topological polar surface area (TPSA) is 46.9 Å². The van der Waals surface area contributed by atoms with E-state index in [4.69, 9.17) is 0 Å². The van der Waals surface area contributed by atoms with Gasteiger partial charge in [-0.3, -0.25) is 4.79 Å². The lowest BCUT2D eigenvalue weighted by Crippen LogP contribution is -2.15. The molecule has 0 unspecified atom stereocenters. The number of para-hydroxylation sites is 1. The van der Waals surface area contributed by atoms with E-state index in [0.717, 1.165) is 15.8 Å². The summed E-state index contributed by atoms with van der Waals surface area (Å²) in [7, 11) is 1.46. The van der Waals surface area contributed by atoms with Crippen LogP contribution in [0.3, 0.4) is 0 Å². The largest absolute Gasteiger partial charge is 0.321 e. The van der Waals surface area contributed by atoms with Crippen LogP contribution in [0.15, 0.2) is 30.8 Å². The maximum absolute atomic E-state index is 13.9. The van der Waals surface area contributed by atoms with E-state index >= 15 is 0 Å². The maximum atomic E-state index is 13.9. The molecule has 4 nitrogen and oxygen atoms in total. The monoisotopic (exact) mass is 273 g/mol. The fraction of sp³-hybridized carbons (Fsp3) is 0.200. The van der Waals surface area contributed by atoms with Gasteiger partial charge in [-0.05, 0) is 25.5 Å². The molecule has 0 saturated heterocycles. The van der Waals surface area contributed by atoms with Crippen molar-refractivity contribution >= 4 is 17.2 Å². The molecular weight excluding hydrogens is 257 g/mol. The summed E-state index contributed by atoms with van der Waals surface area (Å²) in [6.45, 7) is 7.31. The van der Waals surface area contributed by atoms with Gasteiger partial charge in [0.2, 0.25) is 5.95 Å². The number of benzene rings is 1. The number of carbonyl (C=O) groups excluding carboxylic acids is 1. The van der Waals surface area contributed by atoms with Gasteiger partial charge in [0.05, 0.1) is 5.69 Å². The number of nitrogens with one attached hydrogen (secondary N) is 1. The molecule has 0 spiro atoms. The molecule has 0 saturated carbocycles. The minimum absolute atomic E-state index is 0.0379. The molecule has 0 fully saturated rings. The standard InChI is InChI=1S/C15H16FN3O/c1-9(2)11-7-5-6-8-12(11)17-15(20)13-10(3)18-19(4)14(13)16/h5-8H,1H2,2-4H3,(H,17,20). The van der Waals surface area contributed by atoms with E-state index in [2.05, 4.69) is 17.0 Å². The molecular formula is C15H16FN3O. The summed E-state index contributed by atoms with van der Waals surface area (Å²) in [5, 5.41) is 6.60. The molecule has 1 aromatic carbocycles. The molecule has 0 aliphatic rings. The highest BCUT2D eigenvalue weighted by Gasteiger charge is 2.21. The van der Waals surface area contributed by atoms with Crippen LogP contribution in [0.1, 0.15) is 28.5 Å². The number of amides is 1. The molecule has 0 aliphatic heterocycles. The minimum Gasteiger partial charge on any atom is -0.321 e. The Morgan fingerprint density at radius 2 is 2.05 bits per heavy atom. The zero-order valence-electron chi connectivity index (χ0n) is 11.7. The third-order valence-corrected chi connectivity index (χ3v) is 3.01. The summed E-state index contributed by atoms with van der Waals surface area (Å²) >= 11 is 0. The predicted octanol–water partition coefficient (Wildman–Crippen LogP) is 3.15. The second kappa shape index (κ2) is 5.28. The molecule has 2 aromatic rings. The Labute approximate surface area is 116 Å². The van der Waals surface area contributed by atoms with Crippen molar-refractivity contribution in [1.82, 2.24) is 9.78 Å². The first-order valence-electron chi connectivity index (χ1n) is 6.17. The SMILES string of the molecule is C=C(C)c1ccccc1NC(=O)c1c(C)nn(C)c1F. The normalized spacial score (nSPS) is 10.4. The molecule has 0 atom stereocenters. The smallest absolute Gasteiger partial charge is 0.262 e. The average molecular weight is 273 g/mol. The molecule has 0 bridgehead atoms. The van der Waals surface area contributed by atoms with Crippen molar-refractivity contribution < 1.29 is 9.18 Å². The van der Waals surface area contributed by atoms with Crippen molar-refractivity contribution in [2.75, 3.05) is 5.32 Å². The van der Waals surface area contributed by atoms with Crippen LogP contribution in [0.25, 0.3) is 5.57 Å². The van der Waals surface area contributed by atoms with Gasteiger partial charge in [-0.1, -0.05) is 24.8 Å². The maximum Gasteiger partial charge on any atom is 0.262 e. The fourth-order valence-electron chi connectivity index (χ4n) is 2.04. The average Bonchev–Trinajstić information content (AvgIpc) is 2.63. The quantitative estimate of drug-likeness (QED) is 0.933. The molecule has 2 rings (SSSR count). The molecule has 1 N–H and O–H groups in total. The van der Waals surface area contributed by atoms with Crippen molar-refractivity contribution in [2.45, 2.75) is 13.8 Å². The van der Waals surface area contributed by atoms with E-state index in [0.29, 0.717) is 11.4 Å². The summed E-state index contributed by atoms with van der Waals surface area (Å²) in [5.41, 5.74) is 2.57. The van der Waals surface area contributed by atoms with Crippen molar-refractivity contribution in [3.63, 3.8) is 0 Å². The Kier molecular flexibility index (Phi) is 3.70. The van der Waals surface area contributed by atoms with E-state index < -0.39 is 11.9 Å². The Morgan fingerprint density at radius 3 is 2.60 bits per heavy atom. The summed E-state index contributed by atoms with van der Waals surface area (Å²) in [5.74, 6) is -1.16. The first kappa shape index (κ1) is 14.0. The first-order valence-corrected chi connectivity index (χ1v) is 6.17. The van der Waals surface area contributed by atoms with Crippen molar-refractivity contribution in [3.8, 4) is 0 Å². The Bertz CT molecular complexity index is 688. The van der Waals surface area contributed by atoms with E-state index in [1.807, 2.05) is 19.1 Å². The van der Waals surface area contributed by atoms with Crippen LogP contribution >= 0.6 is 0 Å². The van der Waals surface area contributed by atoms with Gasteiger partial charge in [-0.15, -0.1) is 0 Å². The van der Waals surface area contributed by atoms with Gasteiger partial charge < -0.3 is 5.32 Å². The van der Waals surface area contributed by atoms with Crippen molar-refractivity contribution in [2.24, 2.45) is 7.05 Å². The molecule has 5 heteroatoms. The van der Waals surface area contributed by atoms with Crippen LogP contribution < -0.4 is 5.32 Å². The van der Waals surface area contributed by atoms with E-state index in [9.17, 15) is 9.18 Å². The number of halogens is 1. The third kappa shape index (κ3) is 2.47. The Balaban J connectivity index is 2.36. The van der Waals surface area contributed by atoms with Gasteiger partial charge >= 0.3 is 0 Å². The van der Waals surface area contributed by atoms with Gasteiger partial charge in [-0.25, -0.2) is 4.68 Å². The highest BCUT2D eigenvalue weighted by molar-refractivity contribution is 6.06. The van der Waals surface area contributed by atoms with E-state index in [1.54, 1.807) is 19.1 Å². The molecule has 1 aromatic heterocycles. The number of aromatic nitrogens is 2. The predicted molar refractivity (Wildman–Crippen MR) is 77.0 cm³/mol. The highest BCUT2D eigenvalue weighted by Crippen LogP contribution is 2.23. The molecule has 0 aliphatic carbocycles.